The van der Waals surface area contributed by atoms with Crippen LogP contribution in [0.15, 0.2) is 30.6 Å². The molecule has 25 heavy (non-hydrogen) atoms. The largest absolute Gasteiger partial charge is 0.481 e. The summed E-state index contributed by atoms with van der Waals surface area (Å²) in [6, 6.07) is 5.82. The van der Waals surface area contributed by atoms with Crippen LogP contribution >= 0.6 is 0 Å². The van der Waals surface area contributed by atoms with Gasteiger partial charge in [-0.15, -0.1) is 0 Å². The van der Waals surface area contributed by atoms with E-state index >= 15 is 0 Å². The van der Waals surface area contributed by atoms with Crippen LogP contribution in [0.2, 0.25) is 0 Å². The van der Waals surface area contributed by atoms with Gasteiger partial charge in [0, 0.05) is 39.0 Å². The summed E-state index contributed by atoms with van der Waals surface area (Å²) in [6.45, 7) is 1.26. The van der Waals surface area contributed by atoms with Crippen LogP contribution in [-0.4, -0.2) is 68.7 Å². The highest BCUT2D eigenvalue weighted by molar-refractivity contribution is 5.80. The standard InChI is InChI=1S/C17H22N4O4/c1-19(15(22)5-6-16(23)24)11-17(25)7-9-20(12-17)14-4-2-3-13-18-8-10-21(13)14/h2-4,8,10,25H,5-7,9,11-12H2,1H3,(H,23,24). The first kappa shape index (κ1) is 17.2. The quantitative estimate of drug-likeness (QED) is 0.795. The molecule has 1 atom stereocenters. The Balaban J connectivity index is 1.65. The van der Waals surface area contributed by atoms with Gasteiger partial charge in [0.25, 0.3) is 0 Å². The molecule has 2 aromatic rings. The van der Waals surface area contributed by atoms with Gasteiger partial charge in [0.2, 0.25) is 5.91 Å². The third-order valence-corrected chi connectivity index (χ3v) is 4.57. The van der Waals surface area contributed by atoms with Gasteiger partial charge < -0.3 is 20.0 Å². The number of aliphatic hydroxyl groups is 1. The molecule has 1 unspecified atom stereocenters. The fourth-order valence-corrected chi connectivity index (χ4v) is 3.31. The number of nitrogens with zero attached hydrogens (tertiary/aromatic N) is 4. The number of hydrogen-bond donors (Lipinski definition) is 2. The molecular formula is C17H22N4O4. The highest BCUT2D eigenvalue weighted by atomic mass is 16.4. The lowest BCUT2D eigenvalue weighted by molar-refractivity contribution is -0.141. The lowest BCUT2D eigenvalue weighted by Crippen LogP contribution is -2.46. The van der Waals surface area contributed by atoms with Crippen LogP contribution in [-0.2, 0) is 9.59 Å². The lowest BCUT2D eigenvalue weighted by Gasteiger charge is -2.29. The van der Waals surface area contributed by atoms with Crippen molar-refractivity contribution in [1.82, 2.24) is 14.3 Å². The number of aromatic nitrogens is 2. The number of carboxylic acids is 1. The number of carbonyl (C=O) groups is 2. The van der Waals surface area contributed by atoms with Gasteiger partial charge in [0.05, 0.1) is 13.0 Å². The maximum atomic E-state index is 12.0. The zero-order valence-electron chi connectivity index (χ0n) is 14.1. The molecule has 0 bridgehead atoms. The van der Waals surface area contributed by atoms with Crippen molar-refractivity contribution in [2.45, 2.75) is 24.9 Å². The molecule has 1 saturated heterocycles. The van der Waals surface area contributed by atoms with Crippen molar-refractivity contribution < 1.29 is 19.8 Å². The summed E-state index contributed by atoms with van der Waals surface area (Å²) in [4.78, 5) is 30.3. The number of likely N-dealkylation sites (N-methyl/N-ethyl adjacent to an activating group) is 1. The van der Waals surface area contributed by atoms with E-state index in [1.807, 2.05) is 28.8 Å². The van der Waals surface area contributed by atoms with Crippen LogP contribution in [0.5, 0.6) is 0 Å². The average Bonchev–Trinajstić information content (AvgIpc) is 3.18. The van der Waals surface area contributed by atoms with Crippen molar-refractivity contribution in [2.75, 3.05) is 31.6 Å². The van der Waals surface area contributed by atoms with E-state index in [1.165, 1.54) is 4.90 Å². The highest BCUT2D eigenvalue weighted by Crippen LogP contribution is 2.28. The van der Waals surface area contributed by atoms with Crippen molar-refractivity contribution in [3.8, 4) is 0 Å². The molecule has 1 fully saturated rings. The molecule has 0 aliphatic carbocycles. The number of carbonyl (C=O) groups excluding carboxylic acids is 1. The van der Waals surface area contributed by atoms with E-state index in [0.29, 0.717) is 19.5 Å². The second-order valence-electron chi connectivity index (χ2n) is 6.58. The van der Waals surface area contributed by atoms with Crippen LogP contribution in [0.1, 0.15) is 19.3 Å². The van der Waals surface area contributed by atoms with Gasteiger partial charge in [-0.25, -0.2) is 4.98 Å². The minimum Gasteiger partial charge on any atom is -0.481 e. The van der Waals surface area contributed by atoms with E-state index in [9.17, 15) is 14.7 Å². The third-order valence-electron chi connectivity index (χ3n) is 4.57. The number of imidazole rings is 1. The SMILES string of the molecule is CN(CC1(O)CCN(c2cccc3nccn23)C1)C(=O)CCC(=O)O. The van der Waals surface area contributed by atoms with Crippen molar-refractivity contribution in [3.63, 3.8) is 0 Å². The van der Waals surface area contributed by atoms with Crippen LogP contribution in [0.3, 0.4) is 0 Å². The number of hydrogen-bond acceptors (Lipinski definition) is 5. The van der Waals surface area contributed by atoms with Crippen LogP contribution in [0.4, 0.5) is 5.82 Å². The topological polar surface area (TPSA) is 98.4 Å². The van der Waals surface area contributed by atoms with Crippen molar-refractivity contribution in [3.05, 3.63) is 30.6 Å². The molecule has 8 nitrogen and oxygen atoms in total. The summed E-state index contributed by atoms with van der Waals surface area (Å²) in [5.74, 6) is -0.322. The zero-order chi connectivity index (χ0) is 18.0. The Hall–Kier alpha value is -2.61. The Labute approximate surface area is 145 Å². The molecule has 0 aromatic carbocycles. The molecule has 8 heteroatoms. The Kier molecular flexibility index (Phi) is 4.63. The number of fused-ring (bicyclic) bond motifs is 1. The minimum atomic E-state index is -1.02. The Morgan fingerprint density at radius 1 is 1.36 bits per heavy atom. The van der Waals surface area contributed by atoms with Gasteiger partial charge in [-0.05, 0) is 18.6 Å². The number of anilines is 1. The number of carboxylic acid groups (broad SMARTS) is 1. The maximum Gasteiger partial charge on any atom is 0.303 e. The average molecular weight is 346 g/mol. The Bertz CT molecular complexity index is 790. The van der Waals surface area contributed by atoms with Gasteiger partial charge in [-0.1, -0.05) is 6.07 Å². The number of rotatable bonds is 6. The first-order chi connectivity index (χ1) is 11.9. The Morgan fingerprint density at radius 2 is 2.16 bits per heavy atom. The van der Waals surface area contributed by atoms with E-state index in [2.05, 4.69) is 9.88 Å². The predicted octanol–water partition coefficient (Wildman–Crippen LogP) is 0.599. The molecule has 0 saturated carbocycles. The van der Waals surface area contributed by atoms with E-state index in [4.69, 9.17) is 5.11 Å². The van der Waals surface area contributed by atoms with E-state index in [-0.39, 0.29) is 25.3 Å². The normalized spacial score (nSPS) is 20.2. The summed E-state index contributed by atoms with van der Waals surface area (Å²) in [6.07, 6.45) is 3.89. The van der Waals surface area contributed by atoms with Crippen LogP contribution in [0, 0.1) is 0 Å². The number of aliphatic carboxylic acids is 1. The summed E-state index contributed by atoms with van der Waals surface area (Å²) < 4.78 is 1.97. The van der Waals surface area contributed by atoms with Crippen LogP contribution < -0.4 is 4.90 Å². The predicted molar refractivity (Wildman–Crippen MR) is 91.5 cm³/mol. The van der Waals surface area contributed by atoms with E-state index < -0.39 is 11.6 Å². The third kappa shape index (κ3) is 3.74. The molecule has 1 amide bonds. The first-order valence-electron chi connectivity index (χ1n) is 8.23. The lowest BCUT2D eigenvalue weighted by atomic mass is 10.0. The fraction of sp³-hybridized carbons (Fsp3) is 0.471. The van der Waals surface area contributed by atoms with E-state index in [0.717, 1.165) is 11.5 Å². The second kappa shape index (κ2) is 6.72. The van der Waals surface area contributed by atoms with Crippen molar-refractivity contribution in [1.29, 1.82) is 0 Å². The molecule has 3 rings (SSSR count). The van der Waals surface area contributed by atoms with Gasteiger partial charge in [-0.2, -0.15) is 0 Å². The molecular weight excluding hydrogens is 324 g/mol. The monoisotopic (exact) mass is 346 g/mol. The maximum absolute atomic E-state index is 12.0. The Morgan fingerprint density at radius 3 is 2.92 bits per heavy atom. The van der Waals surface area contributed by atoms with Crippen LogP contribution in [0.25, 0.3) is 5.65 Å². The van der Waals surface area contributed by atoms with Gasteiger partial charge in [0.15, 0.2) is 0 Å². The molecule has 3 heterocycles. The van der Waals surface area contributed by atoms with Gasteiger partial charge >= 0.3 is 5.97 Å². The molecule has 1 aliphatic rings. The molecule has 0 radical (unpaired) electrons. The first-order valence-corrected chi connectivity index (χ1v) is 8.23. The van der Waals surface area contributed by atoms with Crippen molar-refractivity contribution >= 4 is 23.3 Å². The second-order valence-corrected chi connectivity index (χ2v) is 6.58. The smallest absolute Gasteiger partial charge is 0.303 e. The molecule has 2 N–H and O–H groups in total. The fourth-order valence-electron chi connectivity index (χ4n) is 3.31. The minimum absolute atomic E-state index is 0.0556. The molecule has 0 spiro atoms. The summed E-state index contributed by atoms with van der Waals surface area (Å²) in [7, 11) is 1.60. The summed E-state index contributed by atoms with van der Waals surface area (Å²) in [5, 5.41) is 19.5. The van der Waals surface area contributed by atoms with Gasteiger partial charge in [0.1, 0.15) is 17.1 Å². The molecule has 2 aromatic heterocycles. The number of pyridine rings is 1. The number of amides is 1. The molecule has 134 valence electrons. The number of β-amino-alcohol motifs (C(OH)–C–C–N with tert-alkyl or cyclic N) is 1. The molecule has 1 aliphatic heterocycles. The van der Waals surface area contributed by atoms with E-state index in [1.54, 1.807) is 13.2 Å². The van der Waals surface area contributed by atoms with Gasteiger partial charge in [-0.3, -0.25) is 14.0 Å². The van der Waals surface area contributed by atoms with Crippen molar-refractivity contribution in [2.24, 2.45) is 0 Å². The summed E-state index contributed by atoms with van der Waals surface area (Å²) >= 11 is 0. The summed E-state index contributed by atoms with van der Waals surface area (Å²) in [5.41, 5.74) is -0.176. The highest BCUT2D eigenvalue weighted by Gasteiger charge is 2.38. The zero-order valence-corrected chi connectivity index (χ0v) is 14.1.